The van der Waals surface area contributed by atoms with Crippen LogP contribution in [0.1, 0.15) is 19.8 Å². The van der Waals surface area contributed by atoms with Crippen LogP contribution in [0.15, 0.2) is 0 Å². The molecule has 0 bridgehead atoms. The minimum absolute atomic E-state index is 0. The molecule has 4 N–H and O–H groups in total. The second kappa shape index (κ2) is 9.47. The van der Waals surface area contributed by atoms with Gasteiger partial charge in [-0.25, -0.2) is 4.79 Å². The molecule has 0 aromatic carbocycles. The molecule has 10 heteroatoms. The Bertz CT molecular complexity index is 305. The molecule has 0 saturated carbocycles. The molecular weight excluding hydrogens is 247 g/mol. The number of carbonyl (C=O) groups excluding carboxylic acids is 1. The fourth-order valence-corrected chi connectivity index (χ4v) is 0.714. The summed E-state index contributed by atoms with van der Waals surface area (Å²) in [6.07, 6.45) is -2.29. The first-order chi connectivity index (χ1) is 7.51. The van der Waals surface area contributed by atoms with Crippen LogP contribution in [0.5, 0.6) is 0 Å². The summed E-state index contributed by atoms with van der Waals surface area (Å²) in [5.41, 5.74) is -2.74. The fourth-order valence-electron chi connectivity index (χ4n) is 0.714. The zero-order valence-electron chi connectivity index (χ0n) is 9.74. The second-order valence-electron chi connectivity index (χ2n) is 2.97. The van der Waals surface area contributed by atoms with Gasteiger partial charge in [0.2, 0.25) is 0 Å². The van der Waals surface area contributed by atoms with Crippen molar-refractivity contribution in [2.24, 2.45) is 0 Å². The van der Waals surface area contributed by atoms with E-state index in [2.05, 4.69) is 0 Å². The Morgan fingerprint density at radius 2 is 1.22 bits per heavy atom. The van der Waals surface area contributed by atoms with Gasteiger partial charge in [-0.3, -0.25) is 9.59 Å². The Kier molecular flexibility index (Phi) is 11.4. The number of aliphatic hydroxyl groups is 1. The summed E-state index contributed by atoms with van der Waals surface area (Å²) in [5.74, 6) is -6.10. The van der Waals surface area contributed by atoms with E-state index in [0.717, 1.165) is 6.92 Å². The third-order valence-corrected chi connectivity index (χ3v) is 1.29. The van der Waals surface area contributed by atoms with Crippen LogP contribution in [0.25, 0.3) is 0 Å². The van der Waals surface area contributed by atoms with E-state index in [1.807, 2.05) is 0 Å². The molecule has 0 atom stereocenters. The van der Waals surface area contributed by atoms with Crippen LogP contribution in [-0.4, -0.2) is 49.9 Å². The molecule has 98 valence electrons. The van der Waals surface area contributed by atoms with Gasteiger partial charge < -0.3 is 30.3 Å². The van der Waals surface area contributed by atoms with Crippen LogP contribution in [0.3, 0.4) is 0 Å². The monoisotopic (exact) mass is 258 g/mol. The maximum Gasteiger partial charge on any atom is 1.00 e. The molecule has 0 saturated heterocycles. The molecule has 0 rings (SSSR count). The van der Waals surface area contributed by atoms with Crippen molar-refractivity contribution in [1.29, 1.82) is 0 Å². The van der Waals surface area contributed by atoms with Gasteiger partial charge in [-0.05, 0) is 6.92 Å². The van der Waals surface area contributed by atoms with Crippen molar-refractivity contribution in [3.05, 3.63) is 0 Å². The van der Waals surface area contributed by atoms with E-state index < -0.39 is 42.3 Å². The smallest absolute Gasteiger partial charge is 0.550 e. The predicted octanol–water partition coefficient (Wildman–Crippen LogP) is -5.49. The Morgan fingerprint density at radius 3 is 1.33 bits per heavy atom. The van der Waals surface area contributed by atoms with E-state index in [0.29, 0.717) is 0 Å². The summed E-state index contributed by atoms with van der Waals surface area (Å²) in [6, 6.07) is 0. The van der Waals surface area contributed by atoms with Crippen LogP contribution in [0.4, 0.5) is 0 Å². The number of rotatable bonds is 5. The molecule has 0 unspecified atom stereocenters. The van der Waals surface area contributed by atoms with Gasteiger partial charge in [0.25, 0.3) is 0 Å². The minimum Gasteiger partial charge on any atom is -0.550 e. The normalized spacial score (nSPS) is 9.22. The van der Waals surface area contributed by atoms with Gasteiger partial charge >= 0.3 is 36.8 Å². The molecule has 18 heavy (non-hydrogen) atoms. The molecule has 0 spiro atoms. The van der Waals surface area contributed by atoms with Crippen LogP contribution in [0, 0.1) is 0 Å². The van der Waals surface area contributed by atoms with Crippen LogP contribution in [0.2, 0.25) is 0 Å². The van der Waals surface area contributed by atoms with E-state index in [1.54, 1.807) is 0 Å². The zero-order chi connectivity index (χ0) is 14.2. The Balaban J connectivity index is -0.000000392. The van der Waals surface area contributed by atoms with Crippen molar-refractivity contribution in [3.8, 4) is 0 Å². The first-order valence-corrected chi connectivity index (χ1v) is 4.08. The molecule has 0 aliphatic carbocycles. The quantitative estimate of drug-likeness (QED) is 0.351. The molecule has 0 amide bonds. The van der Waals surface area contributed by atoms with Crippen molar-refractivity contribution < 1.29 is 63.6 Å². The third-order valence-electron chi connectivity index (χ3n) is 1.29. The third kappa shape index (κ3) is 12.5. The number of carboxylic acids is 4. The molecule has 0 heterocycles. The summed E-state index contributed by atoms with van der Waals surface area (Å²) >= 11 is 0. The summed E-state index contributed by atoms with van der Waals surface area (Å²) in [7, 11) is 0. The van der Waals surface area contributed by atoms with E-state index in [-0.39, 0.29) is 18.9 Å². The fraction of sp³-hybridized carbons (Fsp3) is 0.500. The van der Waals surface area contributed by atoms with Crippen molar-refractivity contribution in [2.45, 2.75) is 25.4 Å². The van der Waals surface area contributed by atoms with Crippen LogP contribution >= 0.6 is 0 Å². The summed E-state index contributed by atoms with van der Waals surface area (Å²) in [5, 5.41) is 42.7. The minimum atomic E-state index is -2.74. The molecule has 9 nitrogen and oxygen atoms in total. The summed E-state index contributed by atoms with van der Waals surface area (Å²) < 4.78 is 0. The second-order valence-corrected chi connectivity index (χ2v) is 2.97. The van der Waals surface area contributed by atoms with Crippen LogP contribution < -0.4 is 24.0 Å². The van der Waals surface area contributed by atoms with Gasteiger partial charge in [0, 0.05) is 5.97 Å². The largest absolute Gasteiger partial charge is 1.00 e. The number of hydrogen-bond donors (Lipinski definition) is 4. The zero-order valence-corrected chi connectivity index (χ0v) is 9.74. The van der Waals surface area contributed by atoms with Gasteiger partial charge in [-0.1, -0.05) is 0 Å². The number of carboxylic acid groups (broad SMARTS) is 4. The average Bonchev–Trinajstić information content (AvgIpc) is 1.98. The Hall–Kier alpha value is -1.56. The van der Waals surface area contributed by atoms with Gasteiger partial charge in [0.05, 0.1) is 12.8 Å². The molecule has 0 aromatic heterocycles. The SMILES string of the molecule is CC(=O)[O-].O=C(O)CC(O)(CC(=O)O)C(=O)O.[Li+]. The number of aliphatic carboxylic acids is 4. The van der Waals surface area contributed by atoms with Gasteiger partial charge in [-0.15, -0.1) is 0 Å². The van der Waals surface area contributed by atoms with E-state index in [1.165, 1.54) is 0 Å². The molecule has 0 aromatic rings. The maximum absolute atomic E-state index is 10.3. The van der Waals surface area contributed by atoms with Gasteiger partial charge in [-0.2, -0.15) is 0 Å². The van der Waals surface area contributed by atoms with Crippen molar-refractivity contribution in [3.63, 3.8) is 0 Å². The first-order valence-electron chi connectivity index (χ1n) is 4.08. The molecule has 0 fully saturated rings. The maximum atomic E-state index is 10.3. The van der Waals surface area contributed by atoms with E-state index in [9.17, 15) is 14.4 Å². The Labute approximate surface area is 113 Å². The molecule has 0 aliphatic rings. The van der Waals surface area contributed by atoms with Crippen molar-refractivity contribution in [1.82, 2.24) is 0 Å². The van der Waals surface area contributed by atoms with E-state index in [4.69, 9.17) is 30.3 Å². The summed E-state index contributed by atoms with van der Waals surface area (Å²) in [6.45, 7) is 0.972. The van der Waals surface area contributed by atoms with Crippen molar-refractivity contribution in [2.75, 3.05) is 0 Å². The first kappa shape index (κ1) is 21.7. The van der Waals surface area contributed by atoms with Gasteiger partial charge in [0.1, 0.15) is 0 Å². The number of carbonyl (C=O) groups is 4. The Morgan fingerprint density at radius 1 is 1.00 bits per heavy atom. The standard InChI is InChI=1S/C6H8O7.C2H4O2.Li/c7-3(8)1-6(13,5(11)12)2-4(9)10;1-2(3)4;/h13H,1-2H2,(H,7,8)(H,9,10)(H,11,12);1H3,(H,3,4);/q;;+1/p-1. The van der Waals surface area contributed by atoms with E-state index >= 15 is 0 Å². The topological polar surface area (TPSA) is 172 Å². The summed E-state index contributed by atoms with van der Waals surface area (Å²) in [4.78, 5) is 39.4. The average molecular weight is 258 g/mol. The molecule has 0 aliphatic heterocycles. The molecule has 0 radical (unpaired) electrons. The van der Waals surface area contributed by atoms with Gasteiger partial charge in [0.15, 0.2) is 5.60 Å². The number of hydrogen-bond acceptors (Lipinski definition) is 6. The molecular formula is C8H11LiO9. The van der Waals surface area contributed by atoms with Crippen LogP contribution in [-0.2, 0) is 19.2 Å². The van der Waals surface area contributed by atoms with Crippen molar-refractivity contribution >= 4 is 23.9 Å². The predicted molar refractivity (Wildman–Crippen MR) is 47.8 cm³/mol.